The highest BCUT2D eigenvalue weighted by atomic mass is 79.9. The molecule has 0 saturated heterocycles. The molecule has 0 amide bonds. The van der Waals surface area contributed by atoms with E-state index in [1.165, 1.54) is 16.0 Å². The van der Waals surface area contributed by atoms with E-state index >= 15 is 0 Å². The summed E-state index contributed by atoms with van der Waals surface area (Å²) in [5, 5.41) is 2.91. The summed E-state index contributed by atoms with van der Waals surface area (Å²) in [6.07, 6.45) is 6.88. The third-order valence-electron chi connectivity index (χ3n) is 3.07. The van der Waals surface area contributed by atoms with Crippen LogP contribution in [0.1, 0.15) is 30.2 Å². The second-order valence-corrected chi connectivity index (χ2v) is 5.81. The van der Waals surface area contributed by atoms with Crippen molar-refractivity contribution in [3.05, 3.63) is 39.6 Å². The van der Waals surface area contributed by atoms with Gasteiger partial charge in [-0.25, -0.2) is 0 Å². The number of halogens is 1. The minimum absolute atomic E-state index is 0.144. The molecule has 0 aliphatic heterocycles. The summed E-state index contributed by atoms with van der Waals surface area (Å²) < 4.78 is 5.04. The largest absolute Gasteiger partial charge is 0.466 e. The molecule has 0 N–H and O–H groups in total. The molecule has 0 saturated carbocycles. The molecule has 0 atom stereocenters. The van der Waals surface area contributed by atoms with Gasteiger partial charge >= 0.3 is 5.97 Å². The average Bonchev–Trinajstić information content (AvgIpc) is 2.86. The van der Waals surface area contributed by atoms with Crippen LogP contribution in [0.5, 0.6) is 0 Å². The molecule has 1 aliphatic carbocycles. The Morgan fingerprint density at radius 3 is 3.11 bits per heavy atom. The number of allylic oxidation sites excluding steroid dienone is 4. The number of thiophene rings is 1. The lowest BCUT2D eigenvalue weighted by Crippen LogP contribution is -2.08. The van der Waals surface area contributed by atoms with E-state index in [-0.39, 0.29) is 5.97 Å². The molecule has 2 rings (SSSR count). The smallest absolute Gasteiger partial charge is 0.310 e. The van der Waals surface area contributed by atoms with Crippen LogP contribution in [-0.4, -0.2) is 17.9 Å². The fourth-order valence-corrected chi connectivity index (χ4v) is 3.77. The molecule has 0 unspecified atom stereocenters. The van der Waals surface area contributed by atoms with E-state index in [1.54, 1.807) is 11.3 Å². The minimum atomic E-state index is -0.144. The summed E-state index contributed by atoms with van der Waals surface area (Å²) in [6, 6.07) is 2.04. The van der Waals surface area contributed by atoms with Crippen LogP contribution in [0.2, 0.25) is 0 Å². The molecule has 0 aromatic carbocycles. The summed E-state index contributed by atoms with van der Waals surface area (Å²) in [5.41, 5.74) is 3.78. The monoisotopic (exact) mass is 340 g/mol. The maximum atomic E-state index is 11.6. The fraction of sp³-hybridized carbons (Fsp3) is 0.400. The first-order chi connectivity index (χ1) is 9.26. The molecule has 102 valence electrons. The lowest BCUT2D eigenvalue weighted by Gasteiger charge is -2.15. The maximum absolute atomic E-state index is 11.6. The predicted molar refractivity (Wildman–Crippen MR) is 83.7 cm³/mol. The van der Waals surface area contributed by atoms with Crippen molar-refractivity contribution in [2.24, 2.45) is 0 Å². The van der Waals surface area contributed by atoms with E-state index in [0.717, 1.165) is 23.7 Å². The van der Waals surface area contributed by atoms with E-state index < -0.39 is 0 Å². The predicted octanol–water partition coefficient (Wildman–Crippen LogP) is 4.35. The summed E-state index contributed by atoms with van der Waals surface area (Å²) in [4.78, 5) is 12.9. The van der Waals surface area contributed by atoms with Crippen LogP contribution in [0.25, 0.3) is 5.57 Å². The highest BCUT2D eigenvalue weighted by Gasteiger charge is 2.17. The van der Waals surface area contributed by atoms with Gasteiger partial charge in [-0.2, -0.15) is 0 Å². The van der Waals surface area contributed by atoms with E-state index in [1.807, 2.05) is 13.0 Å². The number of alkyl halides is 1. The van der Waals surface area contributed by atoms with Crippen molar-refractivity contribution in [3.63, 3.8) is 0 Å². The SMILES string of the molecule is CCOC(=O)Cc1ccsc1C1=C(CBr)C=CCC1. The molecule has 4 heteroatoms. The van der Waals surface area contributed by atoms with Crippen molar-refractivity contribution in [2.75, 3.05) is 11.9 Å². The van der Waals surface area contributed by atoms with Gasteiger partial charge in [0.25, 0.3) is 0 Å². The molecule has 1 aromatic rings. The number of ether oxygens (including phenoxy) is 1. The van der Waals surface area contributed by atoms with Crippen molar-refractivity contribution in [1.29, 1.82) is 0 Å². The highest BCUT2D eigenvalue weighted by Crippen LogP contribution is 2.35. The van der Waals surface area contributed by atoms with Gasteiger partial charge in [-0.15, -0.1) is 11.3 Å². The Bertz CT molecular complexity index is 514. The average molecular weight is 341 g/mol. The molecular formula is C15H17BrO2S. The molecule has 1 heterocycles. The molecule has 2 nitrogen and oxygen atoms in total. The lowest BCUT2D eigenvalue weighted by molar-refractivity contribution is -0.142. The molecule has 0 bridgehead atoms. The summed E-state index contributed by atoms with van der Waals surface area (Å²) >= 11 is 5.26. The van der Waals surface area contributed by atoms with Crippen molar-refractivity contribution in [2.45, 2.75) is 26.2 Å². The Kier molecular flexibility index (Phi) is 5.40. The summed E-state index contributed by atoms with van der Waals surface area (Å²) in [5.74, 6) is -0.144. The number of hydrogen-bond donors (Lipinski definition) is 0. The zero-order valence-corrected chi connectivity index (χ0v) is 13.4. The Hall–Kier alpha value is -0.870. The quantitative estimate of drug-likeness (QED) is 0.588. The van der Waals surface area contributed by atoms with E-state index in [4.69, 9.17) is 4.74 Å². The van der Waals surface area contributed by atoms with Gasteiger partial charge in [0.05, 0.1) is 13.0 Å². The Morgan fingerprint density at radius 2 is 2.37 bits per heavy atom. The number of carbonyl (C=O) groups is 1. The maximum Gasteiger partial charge on any atom is 0.310 e. The van der Waals surface area contributed by atoms with Gasteiger partial charge in [-0.05, 0) is 47.9 Å². The van der Waals surface area contributed by atoms with Crippen LogP contribution in [0, 0.1) is 0 Å². The number of hydrogen-bond acceptors (Lipinski definition) is 3. The minimum Gasteiger partial charge on any atom is -0.466 e. The number of esters is 1. The number of carbonyl (C=O) groups excluding carboxylic acids is 1. The third kappa shape index (κ3) is 3.57. The summed E-state index contributed by atoms with van der Waals surface area (Å²) in [6.45, 7) is 2.28. The third-order valence-corrected chi connectivity index (χ3v) is 4.69. The van der Waals surface area contributed by atoms with Gasteiger partial charge in [0.15, 0.2) is 0 Å². The van der Waals surface area contributed by atoms with Gasteiger partial charge in [0.1, 0.15) is 0 Å². The second-order valence-electron chi connectivity index (χ2n) is 4.34. The van der Waals surface area contributed by atoms with Gasteiger partial charge in [-0.3, -0.25) is 4.79 Å². The topological polar surface area (TPSA) is 26.3 Å². The van der Waals surface area contributed by atoms with Gasteiger partial charge in [0.2, 0.25) is 0 Å². The van der Waals surface area contributed by atoms with Gasteiger partial charge in [0, 0.05) is 10.2 Å². The normalized spacial score (nSPS) is 14.8. The first-order valence-electron chi connectivity index (χ1n) is 6.43. The van der Waals surface area contributed by atoms with Crippen molar-refractivity contribution < 1.29 is 9.53 Å². The molecule has 0 spiro atoms. The zero-order valence-electron chi connectivity index (χ0n) is 10.9. The van der Waals surface area contributed by atoms with Crippen molar-refractivity contribution in [1.82, 2.24) is 0 Å². The molecule has 19 heavy (non-hydrogen) atoms. The zero-order chi connectivity index (χ0) is 13.7. The van der Waals surface area contributed by atoms with Crippen LogP contribution >= 0.6 is 27.3 Å². The molecular weight excluding hydrogens is 324 g/mol. The van der Waals surface area contributed by atoms with Crippen molar-refractivity contribution >= 4 is 38.8 Å². The van der Waals surface area contributed by atoms with Gasteiger partial charge in [-0.1, -0.05) is 28.1 Å². The lowest BCUT2D eigenvalue weighted by atomic mass is 9.95. The Labute approximate surface area is 126 Å². The number of rotatable bonds is 5. The van der Waals surface area contributed by atoms with E-state index in [0.29, 0.717) is 13.0 Å². The van der Waals surface area contributed by atoms with Gasteiger partial charge < -0.3 is 4.74 Å². The van der Waals surface area contributed by atoms with E-state index in [9.17, 15) is 4.79 Å². The Balaban J connectivity index is 2.26. The summed E-state index contributed by atoms with van der Waals surface area (Å²) in [7, 11) is 0. The molecule has 0 fully saturated rings. The second kappa shape index (κ2) is 7.06. The van der Waals surface area contributed by atoms with Crippen LogP contribution in [0.3, 0.4) is 0 Å². The molecule has 1 aliphatic rings. The van der Waals surface area contributed by atoms with Crippen molar-refractivity contribution in [3.8, 4) is 0 Å². The van der Waals surface area contributed by atoms with Crippen LogP contribution < -0.4 is 0 Å². The fourth-order valence-electron chi connectivity index (χ4n) is 2.21. The highest BCUT2D eigenvalue weighted by molar-refractivity contribution is 9.09. The molecule has 1 aromatic heterocycles. The van der Waals surface area contributed by atoms with Crippen LogP contribution in [0.4, 0.5) is 0 Å². The Morgan fingerprint density at radius 1 is 1.53 bits per heavy atom. The van der Waals surface area contributed by atoms with Crippen LogP contribution in [0.15, 0.2) is 29.2 Å². The molecule has 0 radical (unpaired) electrons. The first kappa shape index (κ1) is 14.5. The first-order valence-corrected chi connectivity index (χ1v) is 8.43. The standard InChI is InChI=1S/C15H17BrO2S/c1-2-18-14(17)9-11-7-8-19-15(11)13-6-4-3-5-12(13)10-16/h3,5,7-8H,2,4,6,9-10H2,1H3. The van der Waals surface area contributed by atoms with E-state index in [2.05, 4.69) is 33.5 Å². The van der Waals surface area contributed by atoms with Crippen LogP contribution in [-0.2, 0) is 16.0 Å².